The second-order valence-electron chi connectivity index (χ2n) is 5.49. The Morgan fingerprint density at radius 1 is 1.27 bits per heavy atom. The van der Waals surface area contributed by atoms with Gasteiger partial charge in [0.15, 0.2) is 0 Å². The molecule has 1 N–H and O–H groups in total. The van der Waals surface area contributed by atoms with Crippen molar-refractivity contribution in [3.05, 3.63) is 42.5 Å². The van der Waals surface area contributed by atoms with Crippen molar-refractivity contribution in [3.8, 4) is 0 Å². The van der Waals surface area contributed by atoms with Crippen LogP contribution in [0.25, 0.3) is 0 Å². The van der Waals surface area contributed by atoms with E-state index in [4.69, 9.17) is 9.15 Å². The van der Waals surface area contributed by atoms with E-state index in [-0.39, 0.29) is 16.6 Å². The van der Waals surface area contributed by atoms with Crippen LogP contribution in [0.2, 0.25) is 0 Å². The van der Waals surface area contributed by atoms with Gasteiger partial charge in [-0.25, -0.2) is 13.4 Å². The number of pyridine rings is 1. The number of aromatic nitrogens is 1. The SMILES string of the molecule is O=C(CSc1ccc(S(=O)(=O)N2CCOCC2)cn1)NCc1ccco1. The number of thioether (sulfide) groups is 1. The number of morpholine rings is 1. The number of hydrogen-bond donors (Lipinski definition) is 1. The number of nitrogens with zero attached hydrogens (tertiary/aromatic N) is 2. The molecule has 1 fully saturated rings. The molecular weight excluding hydrogens is 378 g/mol. The van der Waals surface area contributed by atoms with Crippen molar-refractivity contribution < 1.29 is 22.4 Å². The minimum absolute atomic E-state index is 0.144. The Hall–Kier alpha value is -1.88. The zero-order valence-electron chi connectivity index (χ0n) is 14.0. The maximum absolute atomic E-state index is 12.5. The monoisotopic (exact) mass is 397 g/mol. The highest BCUT2D eigenvalue weighted by Crippen LogP contribution is 2.20. The van der Waals surface area contributed by atoms with Gasteiger partial charge in [0, 0.05) is 19.3 Å². The summed E-state index contributed by atoms with van der Waals surface area (Å²) in [6, 6.07) is 6.66. The molecule has 0 aliphatic carbocycles. The fourth-order valence-electron chi connectivity index (χ4n) is 2.33. The molecule has 0 unspecified atom stereocenters. The third-order valence-corrected chi connectivity index (χ3v) is 6.53. The van der Waals surface area contributed by atoms with Gasteiger partial charge < -0.3 is 14.5 Å². The van der Waals surface area contributed by atoms with Crippen molar-refractivity contribution in [2.75, 3.05) is 32.1 Å². The predicted molar refractivity (Wildman–Crippen MR) is 95.1 cm³/mol. The number of nitrogens with one attached hydrogen (secondary N) is 1. The summed E-state index contributed by atoms with van der Waals surface area (Å²) in [4.78, 5) is 16.1. The lowest BCUT2D eigenvalue weighted by Gasteiger charge is -2.25. The topological polar surface area (TPSA) is 102 Å². The molecule has 0 bridgehead atoms. The van der Waals surface area contributed by atoms with Crippen LogP contribution in [0.5, 0.6) is 0 Å². The van der Waals surface area contributed by atoms with Crippen LogP contribution in [0.3, 0.4) is 0 Å². The Bertz CT molecular complexity index is 816. The van der Waals surface area contributed by atoms with Gasteiger partial charge in [0.05, 0.1) is 36.8 Å². The van der Waals surface area contributed by atoms with Crippen molar-refractivity contribution in [2.45, 2.75) is 16.5 Å². The summed E-state index contributed by atoms with van der Waals surface area (Å²) < 4.78 is 36.7. The maximum Gasteiger partial charge on any atom is 0.244 e. The van der Waals surface area contributed by atoms with Crippen molar-refractivity contribution in [3.63, 3.8) is 0 Å². The number of carbonyl (C=O) groups excluding carboxylic acids is 1. The molecule has 140 valence electrons. The average Bonchev–Trinajstić information content (AvgIpc) is 3.19. The summed E-state index contributed by atoms with van der Waals surface area (Å²) in [5.74, 6) is 0.709. The van der Waals surface area contributed by atoms with E-state index in [0.717, 1.165) is 0 Å². The first-order valence-corrected chi connectivity index (χ1v) is 10.4. The minimum Gasteiger partial charge on any atom is -0.467 e. The number of hydrogen-bond acceptors (Lipinski definition) is 7. The summed E-state index contributed by atoms with van der Waals surface area (Å²) >= 11 is 1.24. The van der Waals surface area contributed by atoms with Crippen LogP contribution in [-0.4, -0.2) is 55.7 Å². The van der Waals surface area contributed by atoms with Crippen LogP contribution in [0.4, 0.5) is 0 Å². The maximum atomic E-state index is 12.5. The van der Waals surface area contributed by atoms with E-state index in [0.29, 0.717) is 43.6 Å². The van der Waals surface area contributed by atoms with Crippen LogP contribution in [-0.2, 0) is 26.1 Å². The van der Waals surface area contributed by atoms with E-state index in [1.54, 1.807) is 24.5 Å². The molecule has 0 spiro atoms. The second-order valence-corrected chi connectivity index (χ2v) is 8.43. The zero-order chi connectivity index (χ0) is 18.4. The Balaban J connectivity index is 1.51. The molecule has 2 aromatic rings. The molecule has 3 rings (SSSR count). The Morgan fingerprint density at radius 3 is 2.73 bits per heavy atom. The first-order valence-electron chi connectivity index (χ1n) is 8.01. The van der Waals surface area contributed by atoms with E-state index in [1.165, 1.54) is 28.3 Å². The average molecular weight is 397 g/mol. The van der Waals surface area contributed by atoms with E-state index in [9.17, 15) is 13.2 Å². The fourth-order valence-corrected chi connectivity index (χ4v) is 4.36. The molecule has 1 amide bonds. The first-order chi connectivity index (χ1) is 12.6. The molecular formula is C16H19N3O5S2. The van der Waals surface area contributed by atoms with E-state index in [2.05, 4.69) is 10.3 Å². The molecule has 26 heavy (non-hydrogen) atoms. The number of sulfonamides is 1. The lowest BCUT2D eigenvalue weighted by atomic mass is 10.4. The van der Waals surface area contributed by atoms with Crippen molar-refractivity contribution in [1.29, 1.82) is 0 Å². The number of ether oxygens (including phenoxy) is 1. The molecule has 3 heterocycles. The van der Waals surface area contributed by atoms with Crippen LogP contribution < -0.4 is 5.32 Å². The lowest BCUT2D eigenvalue weighted by molar-refractivity contribution is -0.118. The van der Waals surface area contributed by atoms with Gasteiger partial charge in [-0.1, -0.05) is 11.8 Å². The summed E-state index contributed by atoms with van der Waals surface area (Å²) in [6.07, 6.45) is 2.88. The molecule has 1 aliphatic rings. The Labute approximate surface area is 156 Å². The van der Waals surface area contributed by atoms with Crippen LogP contribution in [0, 0.1) is 0 Å². The third kappa shape index (κ3) is 4.85. The predicted octanol–water partition coefficient (Wildman–Crippen LogP) is 1.10. The Kier molecular flexibility index (Phi) is 6.30. The molecule has 1 aliphatic heterocycles. The summed E-state index contributed by atoms with van der Waals surface area (Å²) in [5, 5.41) is 3.32. The van der Waals surface area contributed by atoms with Gasteiger partial charge in [-0.2, -0.15) is 4.31 Å². The normalized spacial score (nSPS) is 15.7. The molecule has 10 heteroatoms. The highest BCUT2D eigenvalue weighted by Gasteiger charge is 2.26. The third-order valence-electron chi connectivity index (χ3n) is 3.71. The molecule has 8 nitrogen and oxygen atoms in total. The number of furan rings is 1. The number of carbonyl (C=O) groups is 1. The highest BCUT2D eigenvalue weighted by molar-refractivity contribution is 7.99. The summed E-state index contributed by atoms with van der Waals surface area (Å²) in [7, 11) is -3.55. The standard InChI is InChI=1S/C16H19N3O5S2/c20-15(17-10-13-2-1-7-24-13)12-25-16-4-3-14(11-18-16)26(21,22)19-5-8-23-9-6-19/h1-4,7,11H,5-6,8-10,12H2,(H,17,20). The van der Waals surface area contributed by atoms with Gasteiger partial charge in [-0.15, -0.1) is 0 Å². The van der Waals surface area contributed by atoms with Crippen molar-refractivity contribution >= 4 is 27.7 Å². The van der Waals surface area contributed by atoms with Gasteiger partial charge in [0.2, 0.25) is 15.9 Å². The zero-order valence-corrected chi connectivity index (χ0v) is 15.6. The fraction of sp³-hybridized carbons (Fsp3) is 0.375. The smallest absolute Gasteiger partial charge is 0.244 e. The quantitative estimate of drug-likeness (QED) is 0.698. The van der Waals surface area contributed by atoms with E-state index >= 15 is 0 Å². The molecule has 0 radical (unpaired) electrons. The summed E-state index contributed by atoms with van der Waals surface area (Å²) in [6.45, 7) is 1.81. The van der Waals surface area contributed by atoms with Gasteiger partial charge in [0.25, 0.3) is 0 Å². The number of amides is 1. The minimum atomic E-state index is -3.55. The largest absolute Gasteiger partial charge is 0.467 e. The first kappa shape index (κ1) is 18.9. The molecule has 0 aromatic carbocycles. The molecule has 0 atom stereocenters. The summed E-state index contributed by atoms with van der Waals surface area (Å²) in [5.41, 5.74) is 0. The van der Waals surface area contributed by atoms with Gasteiger partial charge in [-0.05, 0) is 24.3 Å². The lowest BCUT2D eigenvalue weighted by Crippen LogP contribution is -2.40. The van der Waals surface area contributed by atoms with E-state index in [1.807, 2.05) is 0 Å². The van der Waals surface area contributed by atoms with Gasteiger partial charge in [0.1, 0.15) is 10.7 Å². The van der Waals surface area contributed by atoms with Gasteiger partial charge >= 0.3 is 0 Å². The van der Waals surface area contributed by atoms with Crippen molar-refractivity contribution in [1.82, 2.24) is 14.6 Å². The highest BCUT2D eigenvalue weighted by atomic mass is 32.2. The van der Waals surface area contributed by atoms with Crippen LogP contribution in [0.1, 0.15) is 5.76 Å². The molecule has 1 saturated heterocycles. The second kappa shape index (κ2) is 8.67. The Morgan fingerprint density at radius 2 is 2.08 bits per heavy atom. The van der Waals surface area contributed by atoms with Crippen LogP contribution >= 0.6 is 11.8 Å². The number of rotatable bonds is 7. The van der Waals surface area contributed by atoms with Gasteiger partial charge in [-0.3, -0.25) is 4.79 Å². The van der Waals surface area contributed by atoms with Crippen molar-refractivity contribution in [2.24, 2.45) is 0 Å². The molecule has 0 saturated carbocycles. The van der Waals surface area contributed by atoms with Crippen LogP contribution in [0.15, 0.2) is 51.1 Å². The van der Waals surface area contributed by atoms with E-state index < -0.39 is 10.0 Å². The molecule has 2 aromatic heterocycles.